The average molecular weight is 489 g/mol. The fourth-order valence-corrected chi connectivity index (χ4v) is 4.32. The molecule has 0 aliphatic heterocycles. The fourth-order valence-electron chi connectivity index (χ4n) is 4.32. The van der Waals surface area contributed by atoms with E-state index in [0.29, 0.717) is 28.4 Å². The van der Waals surface area contributed by atoms with Gasteiger partial charge < -0.3 is 19.8 Å². The fraction of sp³-hybridized carbons (Fsp3) is 0.259. The normalized spacial score (nSPS) is 11.8. The number of hydrogen-bond donors (Lipinski definition) is 4. The molecule has 2 aromatic carbocycles. The van der Waals surface area contributed by atoms with Crippen LogP contribution >= 0.6 is 0 Å². The number of nitrogens with zero attached hydrogens (tertiary/aromatic N) is 2. The number of carbonyl (C=O) groups is 1. The second-order valence-electron chi connectivity index (χ2n) is 8.62. The number of unbranched alkanes of at least 4 members (excludes halogenated alkanes) is 3. The van der Waals surface area contributed by atoms with Crippen molar-refractivity contribution in [3.05, 3.63) is 80.4 Å². The molecular weight excluding hydrogens is 460 g/mol. The van der Waals surface area contributed by atoms with Crippen molar-refractivity contribution in [2.24, 2.45) is 5.10 Å². The molecule has 0 bridgehead atoms. The van der Waals surface area contributed by atoms with Gasteiger partial charge in [-0.1, -0.05) is 50.5 Å². The minimum absolute atomic E-state index is 0.0352. The Balaban J connectivity index is 1.71. The Morgan fingerprint density at radius 3 is 2.36 bits per heavy atom. The zero-order chi connectivity index (χ0) is 25.8. The standard InChI is InChI=1S/C27H28N4O5/c1-3-4-5-10-15-31-20-14-9-7-12-18(20)24(33)22(27(31)36)26(35)30-29-16(2)21-23(32)17-11-6-8-13-19(17)28-25(21)34/h6-9,11-14,33H,3-5,10,15H2,1-2H3,(H,30,35)(H2,28,32,34)/b29-16+. The van der Waals surface area contributed by atoms with Gasteiger partial charge in [-0.25, -0.2) is 5.43 Å². The number of fused-ring (bicyclic) bond motifs is 2. The summed E-state index contributed by atoms with van der Waals surface area (Å²) >= 11 is 0. The Labute approximate surface area is 206 Å². The molecular formula is C27H28N4O5. The first-order valence-electron chi connectivity index (χ1n) is 11.9. The summed E-state index contributed by atoms with van der Waals surface area (Å²) in [5.41, 5.74) is 1.55. The maximum Gasteiger partial charge on any atom is 0.280 e. The second-order valence-corrected chi connectivity index (χ2v) is 8.62. The van der Waals surface area contributed by atoms with Crippen molar-refractivity contribution >= 4 is 33.4 Å². The van der Waals surface area contributed by atoms with E-state index in [-0.39, 0.29) is 17.0 Å². The minimum Gasteiger partial charge on any atom is -0.506 e. The zero-order valence-corrected chi connectivity index (χ0v) is 20.2. The van der Waals surface area contributed by atoms with Crippen LogP contribution in [0.25, 0.3) is 21.8 Å². The van der Waals surface area contributed by atoms with E-state index in [4.69, 9.17) is 0 Å². The lowest BCUT2D eigenvalue weighted by Crippen LogP contribution is -2.32. The monoisotopic (exact) mass is 488 g/mol. The lowest BCUT2D eigenvalue weighted by atomic mass is 10.1. The molecule has 0 aliphatic rings. The summed E-state index contributed by atoms with van der Waals surface area (Å²) < 4.78 is 1.50. The van der Waals surface area contributed by atoms with Crippen LogP contribution in [0.5, 0.6) is 11.5 Å². The molecule has 0 radical (unpaired) electrons. The van der Waals surface area contributed by atoms with Crippen LogP contribution in [0.15, 0.2) is 63.2 Å². The van der Waals surface area contributed by atoms with Crippen molar-refractivity contribution in [2.75, 3.05) is 0 Å². The molecule has 4 aromatic rings. The van der Waals surface area contributed by atoms with Crippen molar-refractivity contribution < 1.29 is 15.0 Å². The van der Waals surface area contributed by atoms with E-state index in [1.165, 1.54) is 11.5 Å². The predicted molar refractivity (Wildman–Crippen MR) is 140 cm³/mol. The maximum atomic E-state index is 13.3. The van der Waals surface area contributed by atoms with Crippen LogP contribution in [-0.4, -0.2) is 31.4 Å². The molecule has 4 rings (SSSR count). The third-order valence-corrected chi connectivity index (χ3v) is 6.19. The van der Waals surface area contributed by atoms with Gasteiger partial charge in [0.05, 0.1) is 16.7 Å². The number of aromatic nitrogens is 2. The molecule has 0 fully saturated rings. The van der Waals surface area contributed by atoms with Crippen LogP contribution < -0.4 is 16.5 Å². The zero-order valence-electron chi connectivity index (χ0n) is 20.2. The Kier molecular flexibility index (Phi) is 7.19. The predicted octanol–water partition coefficient (Wildman–Crippen LogP) is 3.99. The van der Waals surface area contributed by atoms with Gasteiger partial charge in [-0.05, 0) is 37.6 Å². The van der Waals surface area contributed by atoms with Crippen LogP contribution in [0.3, 0.4) is 0 Å². The number of carbonyl (C=O) groups excluding carboxylic acids is 1. The molecule has 0 saturated heterocycles. The highest BCUT2D eigenvalue weighted by Crippen LogP contribution is 2.27. The van der Waals surface area contributed by atoms with Crippen molar-refractivity contribution in [1.29, 1.82) is 0 Å². The first kappa shape index (κ1) is 24.7. The third kappa shape index (κ3) is 4.59. The van der Waals surface area contributed by atoms with Gasteiger partial charge in [0.2, 0.25) is 0 Å². The van der Waals surface area contributed by atoms with Gasteiger partial charge in [0.15, 0.2) is 0 Å². The number of hydrazone groups is 1. The van der Waals surface area contributed by atoms with Gasteiger partial charge in [0, 0.05) is 17.3 Å². The SMILES string of the molecule is CCCCCCn1c(=O)c(C(=O)N/N=C(\C)c2c(O)c3ccccc3[nH]c2=O)c(O)c2ccccc21. The summed E-state index contributed by atoms with van der Waals surface area (Å²) in [7, 11) is 0. The highest BCUT2D eigenvalue weighted by Gasteiger charge is 2.22. The van der Waals surface area contributed by atoms with Gasteiger partial charge in [0.25, 0.3) is 17.0 Å². The summed E-state index contributed by atoms with van der Waals surface area (Å²) in [6.45, 7) is 3.95. The Morgan fingerprint density at radius 2 is 1.61 bits per heavy atom. The smallest absolute Gasteiger partial charge is 0.280 e. The molecule has 2 heterocycles. The lowest BCUT2D eigenvalue weighted by Gasteiger charge is -2.14. The molecule has 186 valence electrons. The number of H-pyrrole nitrogens is 1. The van der Waals surface area contributed by atoms with E-state index in [2.05, 4.69) is 22.4 Å². The van der Waals surface area contributed by atoms with Gasteiger partial charge in [0.1, 0.15) is 22.6 Å². The number of amides is 1. The van der Waals surface area contributed by atoms with Crippen LogP contribution in [0.2, 0.25) is 0 Å². The molecule has 9 heteroatoms. The molecule has 0 aliphatic carbocycles. The van der Waals surface area contributed by atoms with Gasteiger partial charge in [-0.2, -0.15) is 5.10 Å². The molecule has 36 heavy (non-hydrogen) atoms. The van der Waals surface area contributed by atoms with E-state index >= 15 is 0 Å². The van der Waals surface area contributed by atoms with E-state index < -0.39 is 28.3 Å². The molecule has 0 spiro atoms. The number of aromatic amines is 1. The Morgan fingerprint density at radius 1 is 0.944 bits per heavy atom. The number of aromatic hydroxyl groups is 2. The number of pyridine rings is 2. The summed E-state index contributed by atoms with van der Waals surface area (Å²) in [5.74, 6) is -1.62. The lowest BCUT2D eigenvalue weighted by molar-refractivity contribution is 0.0950. The summed E-state index contributed by atoms with van der Waals surface area (Å²) in [5, 5.41) is 26.2. The van der Waals surface area contributed by atoms with E-state index in [1.54, 1.807) is 48.5 Å². The number of rotatable bonds is 8. The molecule has 2 aromatic heterocycles. The first-order valence-corrected chi connectivity index (χ1v) is 11.9. The molecule has 4 N–H and O–H groups in total. The van der Waals surface area contributed by atoms with E-state index in [0.717, 1.165) is 25.7 Å². The molecule has 0 unspecified atom stereocenters. The largest absolute Gasteiger partial charge is 0.506 e. The maximum absolute atomic E-state index is 13.3. The van der Waals surface area contributed by atoms with Gasteiger partial charge in [-0.15, -0.1) is 0 Å². The van der Waals surface area contributed by atoms with Crippen molar-refractivity contribution in [3.8, 4) is 11.5 Å². The van der Waals surface area contributed by atoms with Crippen LogP contribution in [0, 0.1) is 0 Å². The third-order valence-electron chi connectivity index (χ3n) is 6.19. The second kappa shape index (κ2) is 10.5. The molecule has 0 saturated carbocycles. The first-order chi connectivity index (χ1) is 17.3. The van der Waals surface area contributed by atoms with Gasteiger partial charge in [-0.3, -0.25) is 14.4 Å². The van der Waals surface area contributed by atoms with Crippen LogP contribution in [0.4, 0.5) is 0 Å². The molecule has 9 nitrogen and oxygen atoms in total. The van der Waals surface area contributed by atoms with Crippen LogP contribution in [0.1, 0.15) is 55.5 Å². The Hall–Kier alpha value is -4.40. The number of hydrogen-bond acceptors (Lipinski definition) is 6. The van der Waals surface area contributed by atoms with Crippen molar-refractivity contribution in [3.63, 3.8) is 0 Å². The average Bonchev–Trinajstić information content (AvgIpc) is 2.87. The minimum atomic E-state index is -0.915. The van der Waals surface area contributed by atoms with Gasteiger partial charge >= 0.3 is 0 Å². The topological polar surface area (TPSA) is 137 Å². The summed E-state index contributed by atoms with van der Waals surface area (Å²) in [6, 6.07) is 13.6. The highest BCUT2D eigenvalue weighted by molar-refractivity contribution is 6.07. The number of aryl methyl sites for hydroxylation is 1. The molecule has 1 amide bonds. The molecule has 0 atom stereocenters. The van der Waals surface area contributed by atoms with E-state index in [1.807, 2.05) is 0 Å². The number of nitrogens with one attached hydrogen (secondary N) is 2. The van der Waals surface area contributed by atoms with Crippen molar-refractivity contribution in [1.82, 2.24) is 15.0 Å². The van der Waals surface area contributed by atoms with Crippen LogP contribution in [-0.2, 0) is 6.54 Å². The summed E-state index contributed by atoms with van der Waals surface area (Å²) in [4.78, 5) is 41.5. The summed E-state index contributed by atoms with van der Waals surface area (Å²) in [6.07, 6.45) is 3.77. The quantitative estimate of drug-likeness (QED) is 0.169. The number of benzene rings is 2. The number of para-hydroxylation sites is 2. The highest BCUT2D eigenvalue weighted by atomic mass is 16.3. The Bertz CT molecular complexity index is 1600. The van der Waals surface area contributed by atoms with E-state index in [9.17, 15) is 24.6 Å². The van der Waals surface area contributed by atoms with Crippen molar-refractivity contribution in [2.45, 2.75) is 46.1 Å².